The van der Waals surface area contributed by atoms with E-state index in [9.17, 15) is 24.9 Å². The van der Waals surface area contributed by atoms with Gasteiger partial charge >= 0.3 is 11.9 Å². The zero-order valence-electron chi connectivity index (χ0n) is 14.8. The van der Waals surface area contributed by atoms with Crippen LogP contribution in [0.2, 0.25) is 0 Å². The van der Waals surface area contributed by atoms with Crippen LogP contribution in [-0.2, 0) is 9.47 Å². The van der Waals surface area contributed by atoms with Crippen LogP contribution >= 0.6 is 0 Å². The minimum absolute atomic E-state index is 0.132. The molecule has 2 aromatic rings. The summed E-state index contributed by atoms with van der Waals surface area (Å²) in [5, 5.41) is 30.4. The molecular weight excluding hydrogens is 364 g/mol. The Morgan fingerprint density at radius 2 is 1.32 bits per heavy atom. The summed E-state index contributed by atoms with van der Waals surface area (Å²) in [7, 11) is 0. The van der Waals surface area contributed by atoms with Crippen LogP contribution in [-0.4, -0.2) is 58.3 Å². The number of esters is 2. The molecule has 0 fully saturated rings. The van der Waals surface area contributed by atoms with Crippen LogP contribution in [0.5, 0.6) is 0 Å². The molecule has 0 aromatic heterocycles. The highest BCUT2D eigenvalue weighted by atomic mass is 16.6. The molecule has 0 radical (unpaired) electrons. The van der Waals surface area contributed by atoms with Crippen LogP contribution in [0.25, 0.3) is 0 Å². The smallest absolute Gasteiger partial charge is 0.338 e. The number of hydrogen-bond donors (Lipinski definition) is 3. The summed E-state index contributed by atoms with van der Waals surface area (Å²) in [6.45, 7) is -0.321. The van der Waals surface area contributed by atoms with Crippen LogP contribution in [0, 0.1) is 0 Å². The van der Waals surface area contributed by atoms with E-state index in [0.717, 1.165) is 0 Å². The number of aliphatic hydroxyl groups excluding tert-OH is 3. The summed E-state index contributed by atoms with van der Waals surface area (Å²) in [6.07, 6.45) is -4.47. The highest BCUT2D eigenvalue weighted by molar-refractivity contribution is 5.90. The Bertz CT molecular complexity index is 848. The highest BCUT2D eigenvalue weighted by Gasteiger charge is 2.39. The molecule has 0 bridgehead atoms. The van der Waals surface area contributed by atoms with Crippen molar-refractivity contribution in [2.24, 2.45) is 0 Å². The molecule has 7 nitrogen and oxygen atoms in total. The summed E-state index contributed by atoms with van der Waals surface area (Å²) in [5.41, 5.74) is 0.745. The van der Waals surface area contributed by atoms with Gasteiger partial charge in [0, 0.05) is 0 Å². The van der Waals surface area contributed by atoms with Crippen molar-refractivity contribution in [1.29, 1.82) is 0 Å². The number of hydrogen-bond acceptors (Lipinski definition) is 7. The molecule has 0 unspecified atom stereocenters. The molecule has 0 spiro atoms. The van der Waals surface area contributed by atoms with Crippen molar-refractivity contribution in [2.45, 2.75) is 24.4 Å². The molecule has 7 heteroatoms. The molecule has 28 heavy (non-hydrogen) atoms. The van der Waals surface area contributed by atoms with Gasteiger partial charge in [-0.2, -0.15) is 0 Å². The number of benzene rings is 2. The molecule has 146 valence electrons. The molecule has 0 saturated heterocycles. The standard InChI is InChI=1S/C21H20O7/c22-17-15(12-27-20(25)13-7-3-1-4-8-13)11-16(18(23)19(17)24)28-21(26)14-9-5-2-6-10-14/h1-11,16-19,22-24H,12H2/t16-,17+,18+,19-/m1/s1. The van der Waals surface area contributed by atoms with Crippen LogP contribution in [0.3, 0.4) is 0 Å². The quantitative estimate of drug-likeness (QED) is 0.522. The van der Waals surface area contributed by atoms with Crippen molar-refractivity contribution in [2.75, 3.05) is 6.61 Å². The maximum atomic E-state index is 12.2. The van der Waals surface area contributed by atoms with E-state index in [2.05, 4.69) is 0 Å². The predicted molar refractivity (Wildman–Crippen MR) is 98.5 cm³/mol. The Balaban J connectivity index is 1.71. The molecule has 2 aromatic carbocycles. The summed E-state index contributed by atoms with van der Waals surface area (Å²) in [4.78, 5) is 24.3. The Morgan fingerprint density at radius 3 is 1.89 bits per heavy atom. The second-order valence-electron chi connectivity index (χ2n) is 6.35. The van der Waals surface area contributed by atoms with Crippen molar-refractivity contribution >= 4 is 11.9 Å². The largest absolute Gasteiger partial charge is 0.457 e. The van der Waals surface area contributed by atoms with Crippen molar-refractivity contribution in [3.8, 4) is 0 Å². The first-order valence-corrected chi connectivity index (χ1v) is 8.70. The summed E-state index contributed by atoms with van der Waals surface area (Å²) in [6, 6.07) is 16.5. The maximum Gasteiger partial charge on any atom is 0.338 e. The molecule has 0 heterocycles. The number of ether oxygens (including phenoxy) is 2. The summed E-state index contributed by atoms with van der Waals surface area (Å²) < 4.78 is 10.4. The first kappa shape index (κ1) is 19.8. The van der Waals surface area contributed by atoms with Gasteiger partial charge in [-0.1, -0.05) is 36.4 Å². The van der Waals surface area contributed by atoms with E-state index >= 15 is 0 Å². The molecular formula is C21H20O7. The Hall–Kier alpha value is -3.00. The fraction of sp³-hybridized carbons (Fsp3) is 0.238. The van der Waals surface area contributed by atoms with E-state index in [1.165, 1.54) is 6.08 Å². The van der Waals surface area contributed by atoms with Gasteiger partial charge in [-0.3, -0.25) is 0 Å². The minimum atomic E-state index is -1.59. The van der Waals surface area contributed by atoms with Gasteiger partial charge in [-0.05, 0) is 35.9 Å². The summed E-state index contributed by atoms with van der Waals surface area (Å²) >= 11 is 0. The van der Waals surface area contributed by atoms with Gasteiger partial charge in [-0.25, -0.2) is 9.59 Å². The van der Waals surface area contributed by atoms with Gasteiger partial charge in [-0.15, -0.1) is 0 Å². The number of carbonyl (C=O) groups is 2. The van der Waals surface area contributed by atoms with Gasteiger partial charge < -0.3 is 24.8 Å². The van der Waals surface area contributed by atoms with Gasteiger partial charge in [0.1, 0.15) is 31.0 Å². The molecule has 1 aliphatic carbocycles. The zero-order valence-corrected chi connectivity index (χ0v) is 14.8. The molecule has 1 aliphatic rings. The van der Waals surface area contributed by atoms with Crippen molar-refractivity contribution in [3.05, 3.63) is 83.4 Å². The first-order valence-electron chi connectivity index (χ1n) is 8.70. The van der Waals surface area contributed by atoms with E-state index in [0.29, 0.717) is 5.56 Å². The topological polar surface area (TPSA) is 113 Å². The van der Waals surface area contributed by atoms with E-state index in [4.69, 9.17) is 9.47 Å². The van der Waals surface area contributed by atoms with E-state index < -0.39 is 36.4 Å². The third-order valence-corrected chi connectivity index (χ3v) is 4.40. The van der Waals surface area contributed by atoms with Crippen molar-refractivity contribution in [1.82, 2.24) is 0 Å². The first-order chi connectivity index (χ1) is 13.5. The van der Waals surface area contributed by atoms with E-state index in [1.807, 2.05) is 0 Å². The third-order valence-electron chi connectivity index (χ3n) is 4.40. The van der Waals surface area contributed by atoms with Crippen LogP contribution < -0.4 is 0 Å². The van der Waals surface area contributed by atoms with Crippen LogP contribution in [0.15, 0.2) is 72.3 Å². The Kier molecular flexibility index (Phi) is 6.20. The van der Waals surface area contributed by atoms with Crippen molar-refractivity contribution in [3.63, 3.8) is 0 Å². The van der Waals surface area contributed by atoms with E-state index in [-0.39, 0.29) is 17.7 Å². The molecule has 3 rings (SSSR count). The summed E-state index contributed by atoms with van der Waals surface area (Å²) in [5.74, 6) is -1.29. The van der Waals surface area contributed by atoms with Crippen LogP contribution in [0.1, 0.15) is 20.7 Å². The second kappa shape index (κ2) is 8.79. The van der Waals surface area contributed by atoms with Crippen molar-refractivity contribution < 1.29 is 34.4 Å². The average molecular weight is 384 g/mol. The number of aliphatic hydroxyl groups is 3. The maximum absolute atomic E-state index is 12.2. The molecule has 0 aliphatic heterocycles. The Morgan fingerprint density at radius 1 is 0.786 bits per heavy atom. The zero-order chi connectivity index (χ0) is 20.1. The van der Waals surface area contributed by atoms with Gasteiger partial charge in [0.05, 0.1) is 11.1 Å². The lowest BCUT2D eigenvalue weighted by atomic mass is 9.89. The molecule has 3 N–H and O–H groups in total. The fourth-order valence-corrected chi connectivity index (χ4v) is 2.82. The number of carbonyl (C=O) groups excluding carboxylic acids is 2. The third kappa shape index (κ3) is 4.45. The lowest BCUT2D eigenvalue weighted by Gasteiger charge is -2.34. The highest BCUT2D eigenvalue weighted by Crippen LogP contribution is 2.24. The van der Waals surface area contributed by atoms with E-state index in [1.54, 1.807) is 60.7 Å². The fourth-order valence-electron chi connectivity index (χ4n) is 2.82. The number of rotatable bonds is 5. The van der Waals surface area contributed by atoms with Gasteiger partial charge in [0.15, 0.2) is 0 Å². The monoisotopic (exact) mass is 384 g/mol. The van der Waals surface area contributed by atoms with Crippen LogP contribution in [0.4, 0.5) is 0 Å². The van der Waals surface area contributed by atoms with Gasteiger partial charge in [0.2, 0.25) is 0 Å². The average Bonchev–Trinajstić information content (AvgIpc) is 2.74. The molecule has 0 amide bonds. The predicted octanol–water partition coefficient (Wildman–Crippen LogP) is 1.09. The lowest BCUT2D eigenvalue weighted by Crippen LogP contribution is -2.50. The molecule has 0 saturated carbocycles. The normalized spacial score (nSPS) is 24.2. The second-order valence-corrected chi connectivity index (χ2v) is 6.35. The Labute approximate surface area is 161 Å². The van der Waals surface area contributed by atoms with Gasteiger partial charge in [0.25, 0.3) is 0 Å². The minimum Gasteiger partial charge on any atom is -0.457 e. The lowest BCUT2D eigenvalue weighted by molar-refractivity contribution is -0.0995. The SMILES string of the molecule is O=C(OCC1=C[C@@H](OC(=O)c2ccccc2)[C@H](O)[C@H](O)[C@H]1O)c1ccccc1. The molecule has 4 atom stereocenters.